The molecule has 1 unspecified atom stereocenters. The van der Waals surface area contributed by atoms with Crippen molar-refractivity contribution in [3.63, 3.8) is 0 Å². The maximum absolute atomic E-state index is 13.8. The molecule has 1 heterocycles. The zero-order valence-corrected chi connectivity index (χ0v) is 18.9. The van der Waals surface area contributed by atoms with Gasteiger partial charge in [-0.05, 0) is 79.8 Å². The van der Waals surface area contributed by atoms with Crippen molar-refractivity contribution in [3.8, 4) is 22.8 Å². The molecule has 0 saturated heterocycles. The van der Waals surface area contributed by atoms with Gasteiger partial charge in [-0.3, -0.25) is 4.79 Å². The summed E-state index contributed by atoms with van der Waals surface area (Å²) in [5.74, 6) is 0.464. The summed E-state index contributed by atoms with van der Waals surface area (Å²) in [5, 5.41) is 14.5. The van der Waals surface area contributed by atoms with Gasteiger partial charge in [-0.15, -0.1) is 0 Å². The number of methoxy groups -OCH3 is 2. The second kappa shape index (κ2) is 9.19. The van der Waals surface area contributed by atoms with Crippen LogP contribution in [0.15, 0.2) is 54.6 Å². The minimum Gasteiger partial charge on any atom is -0.497 e. The third-order valence-corrected chi connectivity index (χ3v) is 6.06. The molecule has 1 saturated carbocycles. The molecule has 1 atom stereocenters. The summed E-state index contributed by atoms with van der Waals surface area (Å²) >= 11 is 0. The zero-order chi connectivity index (χ0) is 23.6. The summed E-state index contributed by atoms with van der Waals surface area (Å²) in [6.45, 7) is 1.69. The minimum absolute atomic E-state index is 0.00885. The van der Waals surface area contributed by atoms with Gasteiger partial charge in [0, 0.05) is 11.1 Å². The van der Waals surface area contributed by atoms with Crippen molar-refractivity contribution in [2.24, 2.45) is 5.92 Å². The summed E-state index contributed by atoms with van der Waals surface area (Å²) in [6, 6.07) is 15.0. The highest BCUT2D eigenvalue weighted by atomic mass is 19.1. The van der Waals surface area contributed by atoms with Gasteiger partial charge in [0.1, 0.15) is 28.6 Å². The van der Waals surface area contributed by atoms with E-state index in [9.17, 15) is 14.3 Å². The summed E-state index contributed by atoms with van der Waals surface area (Å²) in [6.07, 6.45) is 1.68. The van der Waals surface area contributed by atoms with E-state index in [4.69, 9.17) is 14.5 Å². The SMILES string of the molecule is COc1cccc(C(=O)NCC(O)(c2ccc(OC)c(-c3ccc(F)c(C)c3)n2)C2CC2)c1. The van der Waals surface area contributed by atoms with E-state index in [2.05, 4.69) is 5.32 Å². The molecule has 1 amide bonds. The van der Waals surface area contributed by atoms with Crippen LogP contribution in [0.4, 0.5) is 4.39 Å². The number of aromatic nitrogens is 1. The van der Waals surface area contributed by atoms with Crippen molar-refractivity contribution in [2.75, 3.05) is 20.8 Å². The molecule has 4 rings (SSSR count). The van der Waals surface area contributed by atoms with E-state index in [0.29, 0.717) is 39.6 Å². The van der Waals surface area contributed by atoms with Crippen molar-refractivity contribution < 1.29 is 23.8 Å². The van der Waals surface area contributed by atoms with E-state index < -0.39 is 5.60 Å². The molecule has 1 aromatic heterocycles. The molecule has 2 aromatic carbocycles. The predicted octanol–water partition coefficient (Wildman–Crippen LogP) is 4.24. The Bertz CT molecular complexity index is 1180. The molecule has 0 aliphatic heterocycles. The Balaban J connectivity index is 1.64. The van der Waals surface area contributed by atoms with Crippen molar-refractivity contribution in [3.05, 3.63) is 77.2 Å². The Morgan fingerprint density at radius 3 is 2.61 bits per heavy atom. The van der Waals surface area contributed by atoms with Crippen LogP contribution in [-0.2, 0) is 5.60 Å². The average Bonchev–Trinajstić information content (AvgIpc) is 3.70. The highest BCUT2D eigenvalue weighted by molar-refractivity contribution is 5.94. The monoisotopic (exact) mass is 450 g/mol. The molecule has 0 radical (unpaired) electrons. The molecule has 0 bridgehead atoms. The topological polar surface area (TPSA) is 80.7 Å². The highest BCUT2D eigenvalue weighted by Crippen LogP contribution is 2.46. The zero-order valence-electron chi connectivity index (χ0n) is 18.9. The van der Waals surface area contributed by atoms with Gasteiger partial charge in [0.25, 0.3) is 5.91 Å². The number of amides is 1. The fourth-order valence-corrected chi connectivity index (χ4v) is 3.94. The van der Waals surface area contributed by atoms with Gasteiger partial charge in [-0.2, -0.15) is 0 Å². The van der Waals surface area contributed by atoms with E-state index in [1.807, 2.05) is 0 Å². The van der Waals surface area contributed by atoms with Crippen molar-refractivity contribution in [1.29, 1.82) is 0 Å². The largest absolute Gasteiger partial charge is 0.497 e. The number of hydrogen-bond donors (Lipinski definition) is 2. The third-order valence-electron chi connectivity index (χ3n) is 6.06. The van der Waals surface area contributed by atoms with E-state index in [0.717, 1.165) is 12.8 Å². The Hall–Kier alpha value is -3.45. The number of nitrogens with one attached hydrogen (secondary N) is 1. The molecule has 6 nitrogen and oxygen atoms in total. The molecule has 0 spiro atoms. The van der Waals surface area contributed by atoms with Gasteiger partial charge in [0.15, 0.2) is 0 Å². The maximum Gasteiger partial charge on any atom is 0.251 e. The lowest BCUT2D eigenvalue weighted by Gasteiger charge is -2.29. The Morgan fingerprint density at radius 2 is 1.94 bits per heavy atom. The van der Waals surface area contributed by atoms with Crippen LogP contribution >= 0.6 is 0 Å². The Morgan fingerprint density at radius 1 is 1.15 bits per heavy atom. The quantitative estimate of drug-likeness (QED) is 0.537. The first-order valence-electron chi connectivity index (χ1n) is 10.8. The van der Waals surface area contributed by atoms with Gasteiger partial charge in [0.2, 0.25) is 0 Å². The number of hydrogen-bond acceptors (Lipinski definition) is 5. The number of nitrogens with zero attached hydrogens (tertiary/aromatic N) is 1. The molecule has 2 N–H and O–H groups in total. The van der Waals surface area contributed by atoms with E-state index in [1.165, 1.54) is 13.2 Å². The highest BCUT2D eigenvalue weighted by Gasteiger charge is 2.46. The van der Waals surface area contributed by atoms with Gasteiger partial charge < -0.3 is 19.9 Å². The first-order chi connectivity index (χ1) is 15.9. The molecule has 1 aliphatic carbocycles. The van der Waals surface area contributed by atoms with Crippen molar-refractivity contribution in [2.45, 2.75) is 25.4 Å². The average molecular weight is 451 g/mol. The maximum atomic E-state index is 13.8. The molecule has 7 heteroatoms. The van der Waals surface area contributed by atoms with E-state index in [-0.39, 0.29) is 24.2 Å². The van der Waals surface area contributed by atoms with Gasteiger partial charge in [-0.25, -0.2) is 9.37 Å². The van der Waals surface area contributed by atoms with Crippen LogP contribution in [0, 0.1) is 18.7 Å². The lowest BCUT2D eigenvalue weighted by molar-refractivity contribution is 0.00953. The second-order valence-corrected chi connectivity index (χ2v) is 8.32. The van der Waals surface area contributed by atoms with Crippen molar-refractivity contribution >= 4 is 5.91 Å². The predicted molar refractivity (Wildman–Crippen MR) is 123 cm³/mol. The number of aliphatic hydroxyl groups is 1. The van der Waals surface area contributed by atoms with Gasteiger partial charge in [0.05, 0.1) is 26.5 Å². The first-order valence-corrected chi connectivity index (χ1v) is 10.8. The number of ether oxygens (including phenoxy) is 2. The molecule has 1 aliphatic rings. The number of carbonyl (C=O) groups excluding carboxylic acids is 1. The fourth-order valence-electron chi connectivity index (χ4n) is 3.94. The normalized spacial score (nSPS) is 14.9. The fraction of sp³-hybridized carbons (Fsp3) is 0.308. The lowest BCUT2D eigenvalue weighted by atomic mass is 9.92. The lowest BCUT2D eigenvalue weighted by Crippen LogP contribution is -2.43. The summed E-state index contributed by atoms with van der Waals surface area (Å²) in [7, 11) is 3.08. The molecular weight excluding hydrogens is 423 g/mol. The van der Waals surface area contributed by atoms with Crippen LogP contribution in [0.5, 0.6) is 11.5 Å². The molecule has 33 heavy (non-hydrogen) atoms. The van der Waals surface area contributed by atoms with Crippen LogP contribution in [0.1, 0.15) is 34.5 Å². The third kappa shape index (κ3) is 4.68. The second-order valence-electron chi connectivity index (χ2n) is 8.32. The van der Waals surface area contributed by atoms with Crippen LogP contribution in [0.2, 0.25) is 0 Å². The number of rotatable bonds is 8. The minimum atomic E-state index is -1.34. The summed E-state index contributed by atoms with van der Waals surface area (Å²) in [5.41, 5.74) is 1.23. The Kier molecular flexibility index (Phi) is 6.33. The number of benzene rings is 2. The van der Waals surface area contributed by atoms with Gasteiger partial charge in [-0.1, -0.05) is 6.07 Å². The molecular formula is C26H27FN2O4. The van der Waals surface area contributed by atoms with E-state index >= 15 is 0 Å². The number of carbonyl (C=O) groups is 1. The molecule has 1 fully saturated rings. The van der Waals surface area contributed by atoms with Crippen LogP contribution in [0.3, 0.4) is 0 Å². The Labute approximate surface area is 192 Å². The van der Waals surface area contributed by atoms with Crippen LogP contribution in [0.25, 0.3) is 11.3 Å². The van der Waals surface area contributed by atoms with Gasteiger partial charge >= 0.3 is 0 Å². The van der Waals surface area contributed by atoms with Crippen LogP contribution < -0.4 is 14.8 Å². The first kappa shape index (κ1) is 22.7. The number of pyridine rings is 1. The van der Waals surface area contributed by atoms with E-state index in [1.54, 1.807) is 62.6 Å². The summed E-state index contributed by atoms with van der Waals surface area (Å²) in [4.78, 5) is 17.5. The standard InChI is InChI=1S/C26H27FN2O4/c1-16-13-17(7-10-21(16)27)24-22(33-3)11-12-23(29-24)26(31,19-8-9-19)15-28-25(30)18-5-4-6-20(14-18)32-2/h4-7,10-14,19,31H,8-9,15H2,1-3H3,(H,28,30). The smallest absolute Gasteiger partial charge is 0.251 e. The number of aryl methyl sites for hydroxylation is 1. The summed E-state index contributed by atoms with van der Waals surface area (Å²) < 4.78 is 24.5. The van der Waals surface area contributed by atoms with Crippen molar-refractivity contribution in [1.82, 2.24) is 10.3 Å². The molecule has 172 valence electrons. The van der Waals surface area contributed by atoms with Crippen LogP contribution in [-0.4, -0.2) is 36.8 Å². The number of halogens is 1. The molecule has 3 aromatic rings.